The van der Waals surface area contributed by atoms with E-state index in [-0.39, 0.29) is 18.1 Å². The zero-order valence-electron chi connectivity index (χ0n) is 11.2. The topological polar surface area (TPSA) is 103 Å². The van der Waals surface area contributed by atoms with Crippen LogP contribution in [-0.4, -0.2) is 58.1 Å². The Hall–Kier alpha value is -2.16. The van der Waals surface area contributed by atoms with E-state index in [0.29, 0.717) is 38.7 Å². The molecule has 1 aromatic heterocycles. The molecule has 1 amide bonds. The second-order valence-corrected chi connectivity index (χ2v) is 4.45. The van der Waals surface area contributed by atoms with E-state index >= 15 is 0 Å². The number of aromatic nitrogens is 2. The van der Waals surface area contributed by atoms with Crippen LogP contribution in [0.4, 0.5) is 11.6 Å². The molecule has 0 radical (unpaired) electrons. The lowest BCUT2D eigenvalue weighted by atomic mass is 10.3. The number of aryl methyl sites for hydroxylation is 1. The van der Waals surface area contributed by atoms with Crippen LogP contribution in [0.3, 0.4) is 0 Å². The third-order valence-corrected chi connectivity index (χ3v) is 3.09. The molecule has 1 N–H and O–H groups in total. The maximum atomic E-state index is 11.9. The van der Waals surface area contributed by atoms with E-state index in [9.17, 15) is 14.9 Å². The Labute approximate surface area is 115 Å². The fourth-order valence-electron chi connectivity index (χ4n) is 2.01. The maximum absolute atomic E-state index is 11.9. The first-order valence-corrected chi connectivity index (χ1v) is 6.34. The second kappa shape index (κ2) is 6.33. The summed E-state index contributed by atoms with van der Waals surface area (Å²) in [6.07, 6.45) is 1.65. The Kier molecular flexibility index (Phi) is 4.51. The fraction of sp³-hybridized carbons (Fsp3) is 0.636. The summed E-state index contributed by atoms with van der Waals surface area (Å²) in [6.45, 7) is 2.66. The lowest BCUT2D eigenvalue weighted by Crippen LogP contribution is -2.41. The lowest BCUT2D eigenvalue weighted by Gasteiger charge is -2.26. The van der Waals surface area contributed by atoms with E-state index in [1.807, 2.05) is 0 Å². The summed E-state index contributed by atoms with van der Waals surface area (Å²) in [4.78, 5) is 27.6. The number of morpholine rings is 1. The molecule has 1 aliphatic rings. The molecule has 0 bridgehead atoms. The molecule has 20 heavy (non-hydrogen) atoms. The van der Waals surface area contributed by atoms with Crippen LogP contribution < -0.4 is 5.32 Å². The van der Waals surface area contributed by atoms with Gasteiger partial charge in [-0.3, -0.25) is 9.36 Å². The molecule has 0 unspecified atom stereocenters. The van der Waals surface area contributed by atoms with Crippen LogP contribution in [0.2, 0.25) is 0 Å². The Morgan fingerprint density at radius 1 is 1.55 bits per heavy atom. The molecule has 0 spiro atoms. The number of rotatable bonds is 5. The van der Waals surface area contributed by atoms with E-state index in [1.165, 1.54) is 10.9 Å². The molecule has 1 aliphatic heterocycles. The van der Waals surface area contributed by atoms with Crippen LogP contribution in [-0.2, 0) is 16.6 Å². The smallest absolute Gasteiger partial charge is 0.378 e. The Balaban J connectivity index is 1.85. The number of imidazole rings is 1. The number of anilines is 1. The Morgan fingerprint density at radius 3 is 2.90 bits per heavy atom. The van der Waals surface area contributed by atoms with Gasteiger partial charge in [0.1, 0.15) is 0 Å². The van der Waals surface area contributed by atoms with Crippen molar-refractivity contribution in [3.8, 4) is 0 Å². The Morgan fingerprint density at radius 2 is 2.25 bits per heavy atom. The minimum absolute atomic E-state index is 0.0191. The zero-order chi connectivity index (χ0) is 14.5. The van der Waals surface area contributed by atoms with Gasteiger partial charge in [0, 0.05) is 33.1 Å². The molecule has 110 valence electrons. The van der Waals surface area contributed by atoms with Crippen molar-refractivity contribution in [3.05, 3.63) is 16.4 Å². The highest BCUT2D eigenvalue weighted by atomic mass is 16.6. The molecule has 0 atom stereocenters. The highest BCUT2D eigenvalue weighted by Gasteiger charge is 2.21. The molecule has 1 aromatic rings. The van der Waals surface area contributed by atoms with Gasteiger partial charge in [-0.25, -0.2) is 0 Å². The molecule has 9 heteroatoms. The molecule has 0 aliphatic carbocycles. The van der Waals surface area contributed by atoms with Gasteiger partial charge >= 0.3 is 5.82 Å². The van der Waals surface area contributed by atoms with Crippen LogP contribution in [0.1, 0.15) is 6.42 Å². The molecule has 0 aromatic carbocycles. The van der Waals surface area contributed by atoms with Crippen LogP contribution in [0.5, 0.6) is 0 Å². The van der Waals surface area contributed by atoms with Crippen LogP contribution in [0.25, 0.3) is 0 Å². The first-order valence-electron chi connectivity index (χ1n) is 6.34. The zero-order valence-corrected chi connectivity index (χ0v) is 11.2. The number of amides is 1. The SMILES string of the molecule is Cn1cnc([N+](=O)[O-])c1NCCC(=O)N1CCOCC1. The highest BCUT2D eigenvalue weighted by molar-refractivity contribution is 5.76. The summed E-state index contributed by atoms with van der Waals surface area (Å²) in [7, 11) is 1.66. The molecule has 0 saturated carbocycles. The summed E-state index contributed by atoms with van der Waals surface area (Å²) >= 11 is 0. The summed E-state index contributed by atoms with van der Waals surface area (Å²) in [6, 6.07) is 0. The first-order chi connectivity index (χ1) is 9.59. The van der Waals surface area contributed by atoms with E-state index in [2.05, 4.69) is 10.3 Å². The third kappa shape index (κ3) is 3.23. The van der Waals surface area contributed by atoms with Gasteiger partial charge in [0.25, 0.3) is 0 Å². The average molecular weight is 283 g/mol. The summed E-state index contributed by atoms with van der Waals surface area (Å²) < 4.78 is 6.70. The average Bonchev–Trinajstić information content (AvgIpc) is 2.81. The minimum atomic E-state index is -0.549. The van der Waals surface area contributed by atoms with Gasteiger partial charge in [0.2, 0.25) is 18.1 Å². The van der Waals surface area contributed by atoms with Crippen LogP contribution in [0, 0.1) is 10.1 Å². The van der Waals surface area contributed by atoms with Gasteiger partial charge < -0.3 is 25.1 Å². The van der Waals surface area contributed by atoms with Crippen molar-refractivity contribution in [2.75, 3.05) is 38.2 Å². The number of ether oxygens (including phenoxy) is 1. The molecule has 2 rings (SSSR count). The monoisotopic (exact) mass is 283 g/mol. The second-order valence-electron chi connectivity index (χ2n) is 4.45. The number of carbonyl (C=O) groups is 1. The number of hydrogen-bond donors (Lipinski definition) is 1. The van der Waals surface area contributed by atoms with E-state index < -0.39 is 4.92 Å². The normalized spacial score (nSPS) is 15.2. The van der Waals surface area contributed by atoms with Crippen molar-refractivity contribution >= 4 is 17.5 Å². The number of nitro groups is 1. The number of nitrogens with one attached hydrogen (secondary N) is 1. The quantitative estimate of drug-likeness (QED) is 0.602. The van der Waals surface area contributed by atoms with Gasteiger partial charge in [0.15, 0.2) is 0 Å². The predicted molar refractivity (Wildman–Crippen MR) is 70.4 cm³/mol. The molecular weight excluding hydrogens is 266 g/mol. The largest absolute Gasteiger partial charge is 0.406 e. The van der Waals surface area contributed by atoms with Crippen LogP contribution in [0.15, 0.2) is 6.33 Å². The van der Waals surface area contributed by atoms with Crippen molar-refractivity contribution in [1.82, 2.24) is 14.5 Å². The summed E-state index contributed by atoms with van der Waals surface area (Å²) in [5, 5.41) is 13.7. The highest BCUT2D eigenvalue weighted by Crippen LogP contribution is 2.20. The van der Waals surface area contributed by atoms with Crippen molar-refractivity contribution in [3.63, 3.8) is 0 Å². The van der Waals surface area contributed by atoms with Crippen LogP contribution >= 0.6 is 0 Å². The molecule has 2 heterocycles. The molecule has 1 fully saturated rings. The number of nitrogens with zero attached hydrogens (tertiary/aromatic N) is 4. The first kappa shape index (κ1) is 14.3. The minimum Gasteiger partial charge on any atom is -0.378 e. The van der Waals surface area contributed by atoms with Gasteiger partial charge in [-0.05, 0) is 9.91 Å². The summed E-state index contributed by atoms with van der Waals surface area (Å²) in [5.41, 5.74) is 0. The van der Waals surface area contributed by atoms with E-state index in [4.69, 9.17) is 4.74 Å². The van der Waals surface area contributed by atoms with Crippen molar-refractivity contribution < 1.29 is 14.5 Å². The van der Waals surface area contributed by atoms with Crippen molar-refractivity contribution in [2.45, 2.75) is 6.42 Å². The van der Waals surface area contributed by atoms with Gasteiger partial charge in [-0.2, -0.15) is 0 Å². The van der Waals surface area contributed by atoms with Gasteiger partial charge in [0.05, 0.1) is 13.2 Å². The third-order valence-electron chi connectivity index (χ3n) is 3.09. The standard InChI is InChI=1S/C11H17N5O4/c1-14-8-13-11(16(18)19)10(14)12-3-2-9(17)15-4-6-20-7-5-15/h8,12H,2-7H2,1H3. The number of hydrogen-bond acceptors (Lipinski definition) is 6. The van der Waals surface area contributed by atoms with Gasteiger partial charge in [-0.1, -0.05) is 0 Å². The van der Waals surface area contributed by atoms with E-state index in [0.717, 1.165) is 0 Å². The lowest BCUT2D eigenvalue weighted by molar-refractivity contribution is -0.388. The number of carbonyl (C=O) groups excluding carboxylic acids is 1. The van der Waals surface area contributed by atoms with Crippen molar-refractivity contribution in [1.29, 1.82) is 0 Å². The van der Waals surface area contributed by atoms with Crippen molar-refractivity contribution in [2.24, 2.45) is 7.05 Å². The maximum Gasteiger partial charge on any atom is 0.406 e. The van der Waals surface area contributed by atoms with Gasteiger partial charge in [-0.15, -0.1) is 0 Å². The molecular formula is C11H17N5O4. The molecule has 1 saturated heterocycles. The fourth-order valence-corrected chi connectivity index (χ4v) is 2.01. The predicted octanol–water partition coefficient (Wildman–Crippen LogP) is -0.0109. The molecule has 9 nitrogen and oxygen atoms in total. The Bertz CT molecular complexity index is 495. The van der Waals surface area contributed by atoms with E-state index in [1.54, 1.807) is 11.9 Å². The summed E-state index contributed by atoms with van der Waals surface area (Å²) in [5.74, 6) is 0.0988.